The van der Waals surface area contributed by atoms with Gasteiger partial charge in [0.2, 0.25) is 0 Å². The van der Waals surface area contributed by atoms with Crippen molar-refractivity contribution in [2.24, 2.45) is 0 Å². The van der Waals surface area contributed by atoms with Crippen molar-refractivity contribution in [3.05, 3.63) is 41.0 Å². The van der Waals surface area contributed by atoms with Crippen molar-refractivity contribution in [3.8, 4) is 0 Å². The number of aliphatic hydroxyl groups is 1. The Morgan fingerprint density at radius 2 is 2.07 bits per heavy atom. The highest BCUT2D eigenvalue weighted by atomic mass is 35.5. The van der Waals surface area contributed by atoms with Crippen LogP contribution < -0.4 is 0 Å². The van der Waals surface area contributed by atoms with Crippen LogP contribution in [-0.2, 0) is 6.42 Å². The Bertz CT molecular complexity index is 456. The van der Waals surface area contributed by atoms with E-state index in [9.17, 15) is 0 Å². The lowest BCUT2D eigenvalue weighted by Gasteiger charge is -2.04. The molecular formula is C11H10ClNO. The first kappa shape index (κ1) is 9.44. The summed E-state index contributed by atoms with van der Waals surface area (Å²) in [7, 11) is 0. The summed E-state index contributed by atoms with van der Waals surface area (Å²) in [5.41, 5.74) is 1.92. The van der Waals surface area contributed by atoms with Crippen LogP contribution in [0.25, 0.3) is 10.9 Å². The monoisotopic (exact) mass is 207 g/mol. The smallest absolute Gasteiger partial charge is 0.130 e. The van der Waals surface area contributed by atoms with Gasteiger partial charge in [-0.3, -0.25) is 0 Å². The average molecular weight is 208 g/mol. The van der Waals surface area contributed by atoms with Crippen LogP contribution >= 0.6 is 11.6 Å². The van der Waals surface area contributed by atoms with Gasteiger partial charge in [-0.2, -0.15) is 0 Å². The minimum absolute atomic E-state index is 0.129. The molecule has 2 aromatic rings. The Morgan fingerprint density at radius 1 is 1.29 bits per heavy atom. The highest BCUT2D eigenvalue weighted by molar-refractivity contribution is 6.29. The Kier molecular flexibility index (Phi) is 2.66. The van der Waals surface area contributed by atoms with Gasteiger partial charge in [-0.05, 0) is 24.1 Å². The third kappa shape index (κ3) is 1.72. The number of para-hydroxylation sites is 1. The summed E-state index contributed by atoms with van der Waals surface area (Å²) in [6.07, 6.45) is 0.614. The van der Waals surface area contributed by atoms with Crippen LogP contribution in [0.1, 0.15) is 5.56 Å². The van der Waals surface area contributed by atoms with Crippen LogP contribution in [0.5, 0.6) is 0 Å². The zero-order chi connectivity index (χ0) is 9.97. The average Bonchev–Trinajstić information content (AvgIpc) is 2.18. The summed E-state index contributed by atoms with van der Waals surface area (Å²) in [5, 5.41) is 10.4. The summed E-state index contributed by atoms with van der Waals surface area (Å²) >= 11 is 5.87. The van der Waals surface area contributed by atoms with Gasteiger partial charge in [0.05, 0.1) is 5.52 Å². The van der Waals surface area contributed by atoms with Gasteiger partial charge >= 0.3 is 0 Å². The van der Waals surface area contributed by atoms with Crippen molar-refractivity contribution in [2.75, 3.05) is 6.61 Å². The molecule has 1 heterocycles. The largest absolute Gasteiger partial charge is 0.396 e. The summed E-state index contributed by atoms with van der Waals surface area (Å²) in [5.74, 6) is 0. The predicted octanol–water partition coefficient (Wildman–Crippen LogP) is 2.42. The maximum Gasteiger partial charge on any atom is 0.130 e. The van der Waals surface area contributed by atoms with Crippen molar-refractivity contribution in [3.63, 3.8) is 0 Å². The van der Waals surface area contributed by atoms with Crippen molar-refractivity contribution >= 4 is 22.5 Å². The second-order valence-electron chi connectivity index (χ2n) is 3.09. The molecule has 0 saturated carbocycles. The van der Waals surface area contributed by atoms with E-state index in [-0.39, 0.29) is 6.61 Å². The SMILES string of the molecule is OCCc1cc(Cl)nc2ccccc12. The first-order valence-electron chi connectivity index (χ1n) is 4.46. The molecule has 0 unspecified atom stereocenters. The van der Waals surface area contributed by atoms with Gasteiger partial charge in [-0.1, -0.05) is 29.8 Å². The highest BCUT2D eigenvalue weighted by Crippen LogP contribution is 2.20. The summed E-state index contributed by atoms with van der Waals surface area (Å²) < 4.78 is 0. The van der Waals surface area contributed by atoms with E-state index in [0.717, 1.165) is 16.5 Å². The van der Waals surface area contributed by atoms with Crippen LogP contribution in [0, 0.1) is 0 Å². The third-order valence-electron chi connectivity index (χ3n) is 2.15. The first-order chi connectivity index (χ1) is 6.81. The quantitative estimate of drug-likeness (QED) is 0.768. The van der Waals surface area contributed by atoms with Gasteiger partial charge < -0.3 is 5.11 Å². The van der Waals surface area contributed by atoms with E-state index in [4.69, 9.17) is 16.7 Å². The number of pyridine rings is 1. The molecule has 0 aliphatic heterocycles. The van der Waals surface area contributed by atoms with E-state index >= 15 is 0 Å². The molecule has 72 valence electrons. The number of hydrogen-bond acceptors (Lipinski definition) is 2. The second kappa shape index (κ2) is 3.95. The highest BCUT2D eigenvalue weighted by Gasteiger charge is 2.03. The fourth-order valence-corrected chi connectivity index (χ4v) is 1.76. The molecule has 0 amide bonds. The topological polar surface area (TPSA) is 33.1 Å². The van der Waals surface area contributed by atoms with Crippen molar-refractivity contribution < 1.29 is 5.11 Å². The second-order valence-corrected chi connectivity index (χ2v) is 3.48. The Hall–Kier alpha value is -1.12. The van der Waals surface area contributed by atoms with Crippen LogP contribution in [0.15, 0.2) is 30.3 Å². The Balaban J connectivity index is 2.67. The lowest BCUT2D eigenvalue weighted by Crippen LogP contribution is -1.93. The van der Waals surface area contributed by atoms with Gasteiger partial charge in [0.15, 0.2) is 0 Å². The molecule has 1 aromatic carbocycles. The molecule has 1 N–H and O–H groups in total. The van der Waals surface area contributed by atoms with E-state index < -0.39 is 0 Å². The van der Waals surface area contributed by atoms with Gasteiger partial charge in [0.25, 0.3) is 0 Å². The Morgan fingerprint density at radius 3 is 2.86 bits per heavy atom. The van der Waals surface area contributed by atoms with E-state index in [1.54, 1.807) is 6.07 Å². The number of fused-ring (bicyclic) bond motifs is 1. The fourth-order valence-electron chi connectivity index (χ4n) is 1.54. The number of aliphatic hydroxyl groups excluding tert-OH is 1. The molecule has 2 rings (SSSR count). The summed E-state index contributed by atoms with van der Waals surface area (Å²) in [4.78, 5) is 4.20. The van der Waals surface area contributed by atoms with Crippen LogP contribution in [0.2, 0.25) is 5.15 Å². The third-order valence-corrected chi connectivity index (χ3v) is 2.35. The molecule has 14 heavy (non-hydrogen) atoms. The molecule has 3 heteroatoms. The molecule has 2 nitrogen and oxygen atoms in total. The molecule has 0 spiro atoms. The summed E-state index contributed by atoms with van der Waals surface area (Å²) in [6, 6.07) is 9.60. The van der Waals surface area contributed by atoms with Crippen LogP contribution in [-0.4, -0.2) is 16.7 Å². The number of aromatic nitrogens is 1. The van der Waals surface area contributed by atoms with Crippen molar-refractivity contribution in [2.45, 2.75) is 6.42 Å². The molecule has 0 bridgehead atoms. The van der Waals surface area contributed by atoms with Gasteiger partial charge in [0.1, 0.15) is 5.15 Å². The number of benzene rings is 1. The van der Waals surface area contributed by atoms with E-state index in [1.807, 2.05) is 24.3 Å². The zero-order valence-corrected chi connectivity index (χ0v) is 8.33. The zero-order valence-electron chi connectivity index (χ0n) is 7.57. The number of hydrogen-bond donors (Lipinski definition) is 1. The molecule has 0 aliphatic carbocycles. The van der Waals surface area contributed by atoms with Crippen molar-refractivity contribution in [1.82, 2.24) is 4.98 Å². The van der Waals surface area contributed by atoms with E-state index in [1.165, 1.54) is 0 Å². The molecule has 0 saturated heterocycles. The minimum Gasteiger partial charge on any atom is -0.396 e. The first-order valence-corrected chi connectivity index (χ1v) is 4.84. The summed E-state index contributed by atoms with van der Waals surface area (Å²) in [6.45, 7) is 0.129. The van der Waals surface area contributed by atoms with E-state index in [2.05, 4.69) is 4.98 Å². The molecule has 1 aromatic heterocycles. The maximum absolute atomic E-state index is 8.91. The normalized spacial score (nSPS) is 10.7. The van der Waals surface area contributed by atoms with Crippen molar-refractivity contribution in [1.29, 1.82) is 0 Å². The fraction of sp³-hybridized carbons (Fsp3) is 0.182. The predicted molar refractivity (Wildman–Crippen MR) is 57.5 cm³/mol. The lowest BCUT2D eigenvalue weighted by molar-refractivity contribution is 0.300. The lowest BCUT2D eigenvalue weighted by atomic mass is 10.1. The number of nitrogens with zero attached hydrogens (tertiary/aromatic N) is 1. The van der Waals surface area contributed by atoms with Gasteiger partial charge in [-0.25, -0.2) is 4.98 Å². The Labute approximate surface area is 87.2 Å². The number of halogens is 1. The van der Waals surface area contributed by atoms with Gasteiger partial charge in [-0.15, -0.1) is 0 Å². The molecule has 0 fully saturated rings. The number of rotatable bonds is 2. The maximum atomic E-state index is 8.91. The molecule has 0 radical (unpaired) electrons. The van der Waals surface area contributed by atoms with Crippen LogP contribution in [0.3, 0.4) is 0 Å². The molecule has 0 aliphatic rings. The minimum atomic E-state index is 0.129. The van der Waals surface area contributed by atoms with E-state index in [0.29, 0.717) is 11.6 Å². The molecular weight excluding hydrogens is 198 g/mol. The van der Waals surface area contributed by atoms with Gasteiger partial charge in [0, 0.05) is 12.0 Å². The molecule has 0 atom stereocenters. The van der Waals surface area contributed by atoms with Crippen LogP contribution in [0.4, 0.5) is 0 Å². The standard InChI is InChI=1S/C11H10ClNO/c12-11-7-8(5-6-14)9-3-1-2-4-10(9)13-11/h1-4,7,14H,5-6H2.